The van der Waals surface area contributed by atoms with Gasteiger partial charge in [-0.3, -0.25) is 0 Å². The molecule has 1 aromatic heterocycles. The van der Waals surface area contributed by atoms with Gasteiger partial charge in [-0.15, -0.1) is 0 Å². The summed E-state index contributed by atoms with van der Waals surface area (Å²) in [5, 5.41) is 6.02. The van der Waals surface area contributed by atoms with Gasteiger partial charge in [-0.25, -0.2) is 13.8 Å². The Balaban J connectivity index is 1.86. The molecule has 0 unspecified atom stereocenters. The fraction of sp³-hybridized carbons (Fsp3) is 0.158. The number of nitrogens with zero attached hydrogens (tertiary/aromatic N) is 2. The summed E-state index contributed by atoms with van der Waals surface area (Å²) in [5.41, 5.74) is 1.72. The molecule has 6 nitrogen and oxygen atoms in total. The highest BCUT2D eigenvalue weighted by Crippen LogP contribution is 2.31. The summed E-state index contributed by atoms with van der Waals surface area (Å²) in [5.74, 6) is 0.137. The predicted molar refractivity (Wildman–Crippen MR) is 99.2 cm³/mol. The van der Waals surface area contributed by atoms with E-state index in [1.165, 1.54) is 6.07 Å². The van der Waals surface area contributed by atoms with Gasteiger partial charge in [0.2, 0.25) is 5.95 Å². The van der Waals surface area contributed by atoms with E-state index in [0.29, 0.717) is 34.4 Å². The number of aryl methyl sites for hydroxylation is 1. The largest absolute Gasteiger partial charge is 0.497 e. The summed E-state index contributed by atoms with van der Waals surface area (Å²) in [7, 11) is 3.13. The van der Waals surface area contributed by atoms with Gasteiger partial charge >= 0.3 is 0 Å². The Hall–Kier alpha value is -3.42. The molecule has 2 N–H and O–H groups in total. The summed E-state index contributed by atoms with van der Waals surface area (Å²) >= 11 is 0. The molecule has 140 valence electrons. The summed E-state index contributed by atoms with van der Waals surface area (Å²) in [6.45, 7) is 1.80. The van der Waals surface area contributed by atoms with Crippen molar-refractivity contribution in [3.05, 3.63) is 59.8 Å². The van der Waals surface area contributed by atoms with Crippen LogP contribution in [-0.2, 0) is 0 Å². The normalized spacial score (nSPS) is 10.4. The van der Waals surface area contributed by atoms with Crippen molar-refractivity contribution >= 4 is 23.1 Å². The zero-order valence-corrected chi connectivity index (χ0v) is 15.0. The van der Waals surface area contributed by atoms with Crippen LogP contribution in [0.25, 0.3) is 0 Å². The number of hydrogen-bond acceptors (Lipinski definition) is 6. The van der Waals surface area contributed by atoms with E-state index >= 15 is 0 Å². The molecule has 0 amide bonds. The number of halogens is 2. The van der Waals surface area contributed by atoms with Crippen molar-refractivity contribution in [3.8, 4) is 11.5 Å². The van der Waals surface area contributed by atoms with E-state index in [-0.39, 0.29) is 5.95 Å². The molecule has 0 bridgehead atoms. The van der Waals surface area contributed by atoms with Crippen LogP contribution in [0, 0.1) is 18.6 Å². The quantitative estimate of drug-likeness (QED) is 0.661. The number of rotatable bonds is 6. The van der Waals surface area contributed by atoms with Crippen molar-refractivity contribution in [2.24, 2.45) is 0 Å². The van der Waals surface area contributed by atoms with E-state index < -0.39 is 11.6 Å². The number of aromatic nitrogens is 2. The zero-order chi connectivity index (χ0) is 19.4. The molecular weight excluding hydrogens is 354 g/mol. The maximum Gasteiger partial charge on any atom is 0.229 e. The van der Waals surface area contributed by atoms with Crippen molar-refractivity contribution < 1.29 is 18.3 Å². The Bertz CT molecular complexity index is 966. The molecule has 0 aliphatic rings. The van der Waals surface area contributed by atoms with Gasteiger partial charge in [0, 0.05) is 29.6 Å². The van der Waals surface area contributed by atoms with Gasteiger partial charge in [0.25, 0.3) is 0 Å². The van der Waals surface area contributed by atoms with E-state index in [9.17, 15) is 8.78 Å². The molecule has 0 radical (unpaired) electrons. The first kappa shape index (κ1) is 18.4. The summed E-state index contributed by atoms with van der Waals surface area (Å²) in [6.07, 6.45) is 0. The van der Waals surface area contributed by atoms with Crippen LogP contribution in [0.4, 0.5) is 31.9 Å². The number of hydrogen-bond donors (Lipinski definition) is 2. The first-order chi connectivity index (χ1) is 13.0. The molecular formula is C19H18F2N4O2. The van der Waals surface area contributed by atoms with Crippen LogP contribution < -0.4 is 20.1 Å². The van der Waals surface area contributed by atoms with Crippen LogP contribution in [0.2, 0.25) is 0 Å². The molecule has 1 heterocycles. The molecule has 0 saturated heterocycles. The van der Waals surface area contributed by atoms with Crippen molar-refractivity contribution in [3.63, 3.8) is 0 Å². The van der Waals surface area contributed by atoms with E-state index in [4.69, 9.17) is 9.47 Å². The minimum absolute atomic E-state index is 0.246. The van der Waals surface area contributed by atoms with Gasteiger partial charge in [-0.1, -0.05) is 0 Å². The van der Waals surface area contributed by atoms with Crippen molar-refractivity contribution in [2.45, 2.75) is 6.92 Å². The van der Waals surface area contributed by atoms with Crippen molar-refractivity contribution in [1.82, 2.24) is 9.97 Å². The van der Waals surface area contributed by atoms with Crippen LogP contribution in [0.3, 0.4) is 0 Å². The monoisotopic (exact) mass is 372 g/mol. The fourth-order valence-corrected chi connectivity index (χ4v) is 2.43. The second-order valence-electron chi connectivity index (χ2n) is 5.66. The molecule has 0 fully saturated rings. The van der Waals surface area contributed by atoms with Crippen LogP contribution >= 0.6 is 0 Å². The van der Waals surface area contributed by atoms with E-state index in [2.05, 4.69) is 20.6 Å². The van der Waals surface area contributed by atoms with Gasteiger partial charge in [-0.2, -0.15) is 4.98 Å². The molecule has 3 aromatic rings. The molecule has 0 saturated carbocycles. The lowest BCUT2D eigenvalue weighted by molar-refractivity contribution is 0.395. The van der Waals surface area contributed by atoms with Gasteiger partial charge in [0.15, 0.2) is 11.6 Å². The van der Waals surface area contributed by atoms with Crippen molar-refractivity contribution in [1.29, 1.82) is 0 Å². The number of benzene rings is 2. The first-order valence-electron chi connectivity index (χ1n) is 8.05. The summed E-state index contributed by atoms with van der Waals surface area (Å²) < 4.78 is 37.0. The molecule has 0 aliphatic carbocycles. The Kier molecular flexibility index (Phi) is 5.35. The van der Waals surface area contributed by atoms with E-state index in [0.717, 1.165) is 12.1 Å². The maximum absolute atomic E-state index is 13.4. The number of nitrogens with one attached hydrogen (secondary N) is 2. The van der Waals surface area contributed by atoms with Gasteiger partial charge < -0.3 is 20.1 Å². The zero-order valence-electron chi connectivity index (χ0n) is 15.0. The third kappa shape index (κ3) is 4.41. The Morgan fingerprint density at radius 1 is 0.852 bits per heavy atom. The number of ether oxygens (including phenoxy) is 2. The highest BCUT2D eigenvalue weighted by atomic mass is 19.2. The van der Waals surface area contributed by atoms with Crippen LogP contribution in [0.1, 0.15) is 5.69 Å². The molecule has 27 heavy (non-hydrogen) atoms. The third-order valence-electron chi connectivity index (χ3n) is 3.70. The van der Waals surface area contributed by atoms with E-state index in [1.54, 1.807) is 45.4 Å². The lowest BCUT2D eigenvalue weighted by Crippen LogP contribution is -2.03. The Morgan fingerprint density at radius 3 is 2.37 bits per heavy atom. The lowest BCUT2D eigenvalue weighted by Gasteiger charge is -2.13. The van der Waals surface area contributed by atoms with Gasteiger partial charge in [0.1, 0.15) is 17.3 Å². The third-order valence-corrected chi connectivity index (χ3v) is 3.70. The summed E-state index contributed by atoms with van der Waals surface area (Å²) in [6, 6.07) is 10.6. The standard InChI is InChI=1S/C19H18F2N4O2/c1-11-8-18(24-16-7-5-13(26-2)10-17(16)27-3)25-19(22-11)23-12-4-6-14(20)15(21)9-12/h4-10H,1-3H3,(H2,22,23,24,25). The Morgan fingerprint density at radius 2 is 1.67 bits per heavy atom. The highest BCUT2D eigenvalue weighted by Gasteiger charge is 2.09. The van der Waals surface area contributed by atoms with Crippen LogP contribution in [-0.4, -0.2) is 24.2 Å². The minimum atomic E-state index is -0.950. The van der Waals surface area contributed by atoms with Crippen LogP contribution in [0.15, 0.2) is 42.5 Å². The minimum Gasteiger partial charge on any atom is -0.497 e. The molecule has 0 atom stereocenters. The van der Waals surface area contributed by atoms with Gasteiger partial charge in [-0.05, 0) is 31.2 Å². The lowest BCUT2D eigenvalue weighted by atomic mass is 10.2. The van der Waals surface area contributed by atoms with Gasteiger partial charge in [0.05, 0.1) is 19.9 Å². The number of methoxy groups -OCH3 is 2. The van der Waals surface area contributed by atoms with Crippen LogP contribution in [0.5, 0.6) is 11.5 Å². The fourth-order valence-electron chi connectivity index (χ4n) is 2.43. The maximum atomic E-state index is 13.4. The molecule has 0 aliphatic heterocycles. The summed E-state index contributed by atoms with van der Waals surface area (Å²) in [4.78, 5) is 8.62. The molecule has 3 rings (SSSR count). The smallest absolute Gasteiger partial charge is 0.229 e. The molecule has 2 aromatic carbocycles. The average molecular weight is 372 g/mol. The number of anilines is 4. The van der Waals surface area contributed by atoms with E-state index in [1.807, 2.05) is 0 Å². The second-order valence-corrected chi connectivity index (χ2v) is 5.66. The second kappa shape index (κ2) is 7.86. The SMILES string of the molecule is COc1ccc(Nc2cc(C)nc(Nc3ccc(F)c(F)c3)n2)c(OC)c1. The Labute approximate surface area is 155 Å². The average Bonchev–Trinajstić information content (AvgIpc) is 2.64. The van der Waals surface area contributed by atoms with Crippen molar-refractivity contribution in [2.75, 3.05) is 24.9 Å². The first-order valence-corrected chi connectivity index (χ1v) is 8.05. The molecule has 8 heteroatoms. The molecule has 0 spiro atoms. The predicted octanol–water partition coefficient (Wildman–Crippen LogP) is 4.57. The highest BCUT2D eigenvalue weighted by molar-refractivity contribution is 5.67. The topological polar surface area (TPSA) is 68.3 Å².